The first-order valence-corrected chi connectivity index (χ1v) is 11.2. The van der Waals surface area contributed by atoms with E-state index in [9.17, 15) is 22.8 Å². The van der Waals surface area contributed by atoms with Crippen LogP contribution in [0.2, 0.25) is 0 Å². The van der Waals surface area contributed by atoms with Gasteiger partial charge in [0.1, 0.15) is 6.54 Å². The van der Waals surface area contributed by atoms with Gasteiger partial charge in [0.25, 0.3) is 5.91 Å². The number of hydrogen-bond donors (Lipinski definition) is 1. The lowest BCUT2D eigenvalue weighted by Crippen LogP contribution is -2.30. The fourth-order valence-electron chi connectivity index (χ4n) is 2.56. The van der Waals surface area contributed by atoms with E-state index in [2.05, 4.69) is 5.32 Å². The summed E-state index contributed by atoms with van der Waals surface area (Å²) in [7, 11) is -3.66. The third-order valence-electron chi connectivity index (χ3n) is 4.09. The third-order valence-corrected chi connectivity index (χ3v) is 7.02. The maximum atomic E-state index is 12.6. The molecule has 1 heterocycles. The van der Waals surface area contributed by atoms with Crippen molar-refractivity contribution < 1.29 is 22.7 Å². The van der Waals surface area contributed by atoms with E-state index in [-0.39, 0.29) is 22.0 Å². The Hall–Kier alpha value is -2.50. The number of nitrogens with one attached hydrogen (secondary N) is 1. The SMILES string of the molecule is CCN(CC)S(=O)(=O)c1cccc(NC(=O)COC(=O)Cn2c(C)csc2=O)c1. The summed E-state index contributed by atoms with van der Waals surface area (Å²) in [5, 5.41) is 4.13. The number of aromatic nitrogens is 1. The second-order valence-electron chi connectivity index (χ2n) is 6.06. The quantitative estimate of drug-likeness (QED) is 0.589. The van der Waals surface area contributed by atoms with Gasteiger partial charge < -0.3 is 10.1 Å². The number of sulfonamides is 1. The lowest BCUT2D eigenvalue weighted by atomic mass is 10.3. The number of aryl methyl sites for hydroxylation is 1. The fraction of sp³-hybridized carbons (Fsp3) is 0.389. The van der Waals surface area contributed by atoms with Crippen LogP contribution in [0.5, 0.6) is 0 Å². The van der Waals surface area contributed by atoms with Gasteiger partial charge in [0, 0.05) is 29.9 Å². The molecule has 0 fully saturated rings. The van der Waals surface area contributed by atoms with Crippen LogP contribution in [0.3, 0.4) is 0 Å². The van der Waals surface area contributed by atoms with Crippen molar-refractivity contribution in [3.63, 3.8) is 0 Å². The predicted molar refractivity (Wildman–Crippen MR) is 109 cm³/mol. The Bertz CT molecular complexity index is 1040. The molecule has 0 bridgehead atoms. The molecular weight excluding hydrogens is 418 g/mol. The number of carbonyl (C=O) groups is 2. The molecule has 0 aliphatic rings. The minimum Gasteiger partial charge on any atom is -0.454 e. The number of nitrogens with zero attached hydrogens (tertiary/aromatic N) is 2. The van der Waals surface area contributed by atoms with Gasteiger partial charge in [-0.3, -0.25) is 19.0 Å². The number of benzene rings is 1. The molecule has 9 nitrogen and oxygen atoms in total. The van der Waals surface area contributed by atoms with E-state index in [0.29, 0.717) is 18.8 Å². The van der Waals surface area contributed by atoms with Crippen molar-refractivity contribution in [3.8, 4) is 0 Å². The molecule has 0 spiro atoms. The first-order chi connectivity index (χ1) is 13.7. The molecule has 1 N–H and O–H groups in total. The first kappa shape index (κ1) is 22.8. The number of esters is 1. The maximum Gasteiger partial charge on any atom is 0.326 e. The summed E-state index contributed by atoms with van der Waals surface area (Å²) in [4.78, 5) is 35.3. The van der Waals surface area contributed by atoms with Crippen molar-refractivity contribution in [1.29, 1.82) is 0 Å². The van der Waals surface area contributed by atoms with Crippen LogP contribution in [0, 0.1) is 6.92 Å². The molecule has 0 aliphatic heterocycles. The van der Waals surface area contributed by atoms with Crippen LogP contribution in [0.1, 0.15) is 19.5 Å². The highest BCUT2D eigenvalue weighted by molar-refractivity contribution is 7.89. The average Bonchev–Trinajstić information content (AvgIpc) is 2.99. The summed E-state index contributed by atoms with van der Waals surface area (Å²) >= 11 is 0.975. The number of carbonyl (C=O) groups excluding carboxylic acids is 2. The van der Waals surface area contributed by atoms with Crippen molar-refractivity contribution in [2.75, 3.05) is 25.0 Å². The zero-order valence-electron chi connectivity index (χ0n) is 16.4. The number of hydrogen-bond acceptors (Lipinski definition) is 7. The maximum absolute atomic E-state index is 12.6. The summed E-state index contributed by atoms with van der Waals surface area (Å²) in [5.74, 6) is -1.34. The van der Waals surface area contributed by atoms with Crippen LogP contribution in [-0.2, 0) is 30.9 Å². The van der Waals surface area contributed by atoms with E-state index in [0.717, 1.165) is 11.3 Å². The Balaban J connectivity index is 1.97. The second kappa shape index (κ2) is 9.81. The van der Waals surface area contributed by atoms with Gasteiger partial charge in [-0.25, -0.2) is 8.42 Å². The Kier molecular flexibility index (Phi) is 7.71. The van der Waals surface area contributed by atoms with Crippen LogP contribution >= 0.6 is 11.3 Å². The normalized spacial score (nSPS) is 11.4. The zero-order chi connectivity index (χ0) is 21.6. The highest BCUT2D eigenvalue weighted by atomic mass is 32.2. The van der Waals surface area contributed by atoms with E-state index in [1.54, 1.807) is 26.2 Å². The third kappa shape index (κ3) is 5.75. The molecule has 0 saturated carbocycles. The summed E-state index contributed by atoms with van der Waals surface area (Å²) in [6.45, 7) is 5.01. The predicted octanol–water partition coefficient (Wildman–Crippen LogP) is 1.43. The standard InChI is InChI=1S/C18H23N3O6S2/c1-4-20(5-2)29(25,26)15-8-6-7-14(9-15)19-16(22)11-27-17(23)10-21-13(3)12-28-18(21)24/h6-9,12H,4-5,10-11H2,1-3H3,(H,19,22). The van der Waals surface area contributed by atoms with Crippen molar-refractivity contribution in [2.45, 2.75) is 32.2 Å². The minimum atomic E-state index is -3.66. The van der Waals surface area contributed by atoms with Gasteiger partial charge in [-0.15, -0.1) is 0 Å². The lowest BCUT2D eigenvalue weighted by molar-refractivity contribution is -0.147. The molecule has 0 saturated heterocycles. The van der Waals surface area contributed by atoms with Gasteiger partial charge in [-0.2, -0.15) is 4.31 Å². The molecule has 2 aromatic rings. The van der Waals surface area contributed by atoms with Crippen molar-refractivity contribution >= 4 is 38.9 Å². The van der Waals surface area contributed by atoms with E-state index >= 15 is 0 Å². The van der Waals surface area contributed by atoms with E-state index in [1.807, 2.05) is 0 Å². The van der Waals surface area contributed by atoms with Crippen LogP contribution in [0.4, 0.5) is 5.69 Å². The first-order valence-electron chi connectivity index (χ1n) is 8.89. The highest BCUT2D eigenvalue weighted by Gasteiger charge is 2.22. The zero-order valence-corrected chi connectivity index (χ0v) is 18.0. The van der Waals surface area contributed by atoms with Gasteiger partial charge >= 0.3 is 10.8 Å². The molecule has 0 aliphatic carbocycles. The van der Waals surface area contributed by atoms with Gasteiger partial charge in [-0.1, -0.05) is 31.3 Å². The van der Waals surface area contributed by atoms with Crippen LogP contribution in [0.25, 0.3) is 0 Å². The molecule has 29 heavy (non-hydrogen) atoms. The number of anilines is 1. The minimum absolute atomic E-state index is 0.0586. The fourth-order valence-corrected chi connectivity index (χ4v) is 4.80. The Morgan fingerprint density at radius 2 is 1.93 bits per heavy atom. The summed E-state index contributed by atoms with van der Waals surface area (Å²) in [6.07, 6.45) is 0. The van der Waals surface area contributed by atoms with Crippen molar-refractivity contribution in [1.82, 2.24) is 8.87 Å². The number of amides is 1. The smallest absolute Gasteiger partial charge is 0.326 e. The van der Waals surface area contributed by atoms with Gasteiger partial charge in [0.05, 0.1) is 4.90 Å². The van der Waals surface area contributed by atoms with Crippen molar-refractivity contribution in [3.05, 3.63) is 45.0 Å². The van der Waals surface area contributed by atoms with Gasteiger partial charge in [-0.05, 0) is 25.1 Å². The number of thiazole rings is 1. The molecule has 158 valence electrons. The van der Waals surface area contributed by atoms with E-state index in [1.165, 1.54) is 33.1 Å². The molecule has 1 amide bonds. The molecule has 0 radical (unpaired) electrons. The highest BCUT2D eigenvalue weighted by Crippen LogP contribution is 2.19. The molecule has 2 rings (SSSR count). The monoisotopic (exact) mass is 441 g/mol. The lowest BCUT2D eigenvalue weighted by Gasteiger charge is -2.18. The molecular formula is C18H23N3O6S2. The van der Waals surface area contributed by atoms with Crippen molar-refractivity contribution in [2.24, 2.45) is 0 Å². The van der Waals surface area contributed by atoms with E-state index < -0.39 is 28.5 Å². The Morgan fingerprint density at radius 1 is 1.24 bits per heavy atom. The molecule has 0 unspecified atom stereocenters. The molecule has 1 aromatic heterocycles. The summed E-state index contributed by atoms with van der Waals surface area (Å²) in [5.41, 5.74) is 0.900. The molecule has 11 heteroatoms. The van der Waals surface area contributed by atoms with Gasteiger partial charge in [0.2, 0.25) is 10.0 Å². The van der Waals surface area contributed by atoms with Gasteiger partial charge in [0.15, 0.2) is 6.61 Å². The van der Waals surface area contributed by atoms with Crippen LogP contribution in [0.15, 0.2) is 39.3 Å². The topological polar surface area (TPSA) is 115 Å². The van der Waals surface area contributed by atoms with Crippen LogP contribution in [-0.4, -0.2) is 48.9 Å². The summed E-state index contributed by atoms with van der Waals surface area (Å²) in [6, 6.07) is 5.85. The number of rotatable bonds is 9. The molecule has 0 atom stereocenters. The van der Waals surface area contributed by atoms with E-state index in [4.69, 9.17) is 4.74 Å². The Morgan fingerprint density at radius 3 is 2.52 bits per heavy atom. The average molecular weight is 442 g/mol. The largest absolute Gasteiger partial charge is 0.454 e. The number of ether oxygens (including phenoxy) is 1. The second-order valence-corrected chi connectivity index (χ2v) is 8.81. The summed E-state index contributed by atoms with van der Waals surface area (Å²) < 4.78 is 32.6. The molecule has 1 aromatic carbocycles. The Labute approximate surface area is 173 Å². The van der Waals surface area contributed by atoms with Crippen LogP contribution < -0.4 is 10.2 Å².